The van der Waals surface area contributed by atoms with E-state index in [-0.39, 0.29) is 11.9 Å². The average molecular weight is 278 g/mol. The minimum Gasteiger partial charge on any atom is -0.393 e. The van der Waals surface area contributed by atoms with E-state index < -0.39 is 10.0 Å². The highest BCUT2D eigenvalue weighted by Crippen LogP contribution is 2.19. The van der Waals surface area contributed by atoms with Crippen molar-refractivity contribution in [2.24, 2.45) is 5.92 Å². The van der Waals surface area contributed by atoms with Gasteiger partial charge in [-0.05, 0) is 52.1 Å². The fraction of sp³-hybridized carbons (Fsp3) is 1.00. The summed E-state index contributed by atoms with van der Waals surface area (Å²) in [5.74, 6) is 0.506. The van der Waals surface area contributed by atoms with Crippen LogP contribution in [0.1, 0.15) is 33.1 Å². The van der Waals surface area contributed by atoms with Crippen LogP contribution in [0.25, 0.3) is 0 Å². The van der Waals surface area contributed by atoms with Crippen LogP contribution in [0.5, 0.6) is 0 Å². The van der Waals surface area contributed by atoms with Crippen LogP contribution in [-0.4, -0.2) is 56.5 Å². The summed E-state index contributed by atoms with van der Waals surface area (Å²) in [6.07, 6.45) is 2.80. The summed E-state index contributed by atoms with van der Waals surface area (Å²) in [5.41, 5.74) is 0. The van der Waals surface area contributed by atoms with Crippen molar-refractivity contribution < 1.29 is 13.5 Å². The van der Waals surface area contributed by atoms with E-state index in [4.69, 9.17) is 0 Å². The molecule has 1 saturated heterocycles. The topological polar surface area (TPSA) is 69.6 Å². The van der Waals surface area contributed by atoms with Crippen molar-refractivity contribution in [1.29, 1.82) is 0 Å². The molecule has 6 heteroatoms. The van der Waals surface area contributed by atoms with Gasteiger partial charge >= 0.3 is 0 Å². The highest BCUT2D eigenvalue weighted by molar-refractivity contribution is 7.89. The SMILES string of the molecule is CCS(=O)(=O)NCCCN1CCCC(C(C)O)C1. The Morgan fingerprint density at radius 3 is 2.83 bits per heavy atom. The Morgan fingerprint density at radius 2 is 2.22 bits per heavy atom. The number of sulfonamides is 1. The number of likely N-dealkylation sites (tertiary alicyclic amines) is 1. The summed E-state index contributed by atoms with van der Waals surface area (Å²) in [7, 11) is -3.06. The van der Waals surface area contributed by atoms with Crippen molar-refractivity contribution in [1.82, 2.24) is 9.62 Å². The minimum atomic E-state index is -3.06. The molecule has 0 aromatic carbocycles. The fourth-order valence-electron chi connectivity index (χ4n) is 2.32. The zero-order valence-electron chi connectivity index (χ0n) is 11.4. The molecule has 0 saturated carbocycles. The Morgan fingerprint density at radius 1 is 1.50 bits per heavy atom. The van der Waals surface area contributed by atoms with E-state index in [1.807, 2.05) is 6.92 Å². The van der Waals surface area contributed by atoms with Crippen LogP contribution in [0.15, 0.2) is 0 Å². The first-order chi connectivity index (χ1) is 8.44. The van der Waals surface area contributed by atoms with Gasteiger partial charge in [-0.3, -0.25) is 0 Å². The Bertz CT molecular complexity index is 330. The zero-order valence-corrected chi connectivity index (χ0v) is 12.2. The molecular formula is C12H26N2O3S. The molecule has 1 aliphatic rings. The molecule has 2 unspecified atom stereocenters. The fourth-order valence-corrected chi connectivity index (χ4v) is 2.98. The van der Waals surface area contributed by atoms with Crippen molar-refractivity contribution in [2.75, 3.05) is 31.9 Å². The molecule has 0 amide bonds. The van der Waals surface area contributed by atoms with Gasteiger partial charge in [0.05, 0.1) is 11.9 Å². The lowest BCUT2D eigenvalue weighted by atomic mass is 9.93. The van der Waals surface area contributed by atoms with Gasteiger partial charge in [-0.15, -0.1) is 0 Å². The maximum Gasteiger partial charge on any atom is 0.211 e. The molecule has 2 N–H and O–H groups in total. The summed E-state index contributed by atoms with van der Waals surface area (Å²) < 4.78 is 25.0. The number of hydrogen-bond acceptors (Lipinski definition) is 4. The van der Waals surface area contributed by atoms with Gasteiger partial charge in [0.1, 0.15) is 0 Å². The van der Waals surface area contributed by atoms with Crippen LogP contribution < -0.4 is 4.72 Å². The van der Waals surface area contributed by atoms with E-state index in [1.165, 1.54) is 0 Å². The van der Waals surface area contributed by atoms with Crippen LogP contribution >= 0.6 is 0 Å². The molecule has 0 bridgehead atoms. The van der Waals surface area contributed by atoms with E-state index in [1.54, 1.807) is 6.92 Å². The molecule has 2 atom stereocenters. The van der Waals surface area contributed by atoms with Crippen LogP contribution in [0.2, 0.25) is 0 Å². The van der Waals surface area contributed by atoms with Gasteiger partial charge in [0, 0.05) is 13.1 Å². The van der Waals surface area contributed by atoms with Crippen molar-refractivity contribution in [3.05, 3.63) is 0 Å². The van der Waals surface area contributed by atoms with E-state index in [9.17, 15) is 13.5 Å². The number of hydrogen-bond donors (Lipinski definition) is 2. The van der Waals surface area contributed by atoms with Crippen molar-refractivity contribution in [3.63, 3.8) is 0 Å². The monoisotopic (exact) mass is 278 g/mol. The highest BCUT2D eigenvalue weighted by Gasteiger charge is 2.22. The Labute approximate surface area is 111 Å². The lowest BCUT2D eigenvalue weighted by molar-refractivity contribution is 0.0626. The highest BCUT2D eigenvalue weighted by atomic mass is 32.2. The molecule has 5 nitrogen and oxygen atoms in total. The predicted molar refractivity (Wildman–Crippen MR) is 72.9 cm³/mol. The standard InChI is InChI=1S/C12H26N2O3S/c1-3-18(16,17)13-7-5-9-14-8-4-6-12(10-14)11(2)15/h11-13,15H,3-10H2,1-2H3. The summed E-state index contributed by atoms with van der Waals surface area (Å²) in [4.78, 5) is 2.32. The summed E-state index contributed by atoms with van der Waals surface area (Å²) in [6, 6.07) is 0. The second kappa shape index (κ2) is 7.43. The van der Waals surface area contributed by atoms with Crippen molar-refractivity contribution in [3.8, 4) is 0 Å². The molecule has 1 aliphatic heterocycles. The molecule has 0 aromatic heterocycles. The molecule has 0 spiro atoms. The van der Waals surface area contributed by atoms with E-state index in [0.29, 0.717) is 12.5 Å². The molecule has 0 aromatic rings. The molecule has 108 valence electrons. The largest absolute Gasteiger partial charge is 0.393 e. The molecule has 18 heavy (non-hydrogen) atoms. The van der Waals surface area contributed by atoms with Gasteiger partial charge < -0.3 is 10.0 Å². The predicted octanol–water partition coefficient (Wildman–Crippen LogP) is 0.409. The third-order valence-corrected chi connectivity index (χ3v) is 4.98. The molecule has 0 radical (unpaired) electrons. The Hall–Kier alpha value is -0.170. The van der Waals surface area contributed by atoms with Gasteiger partial charge in [-0.25, -0.2) is 13.1 Å². The van der Waals surface area contributed by atoms with E-state index in [2.05, 4.69) is 9.62 Å². The van der Waals surface area contributed by atoms with Crippen LogP contribution in [0.4, 0.5) is 0 Å². The number of aliphatic hydroxyl groups excluding tert-OH is 1. The molecular weight excluding hydrogens is 252 g/mol. The number of aliphatic hydroxyl groups is 1. The Balaban J connectivity index is 2.19. The lowest BCUT2D eigenvalue weighted by Gasteiger charge is -2.34. The van der Waals surface area contributed by atoms with Gasteiger partial charge in [0.2, 0.25) is 10.0 Å². The van der Waals surface area contributed by atoms with Gasteiger partial charge in [0.25, 0.3) is 0 Å². The van der Waals surface area contributed by atoms with Crippen molar-refractivity contribution in [2.45, 2.75) is 39.2 Å². The first-order valence-electron chi connectivity index (χ1n) is 6.82. The summed E-state index contributed by atoms with van der Waals surface area (Å²) >= 11 is 0. The third kappa shape index (κ3) is 5.65. The van der Waals surface area contributed by atoms with Crippen LogP contribution in [0.3, 0.4) is 0 Å². The smallest absolute Gasteiger partial charge is 0.211 e. The maximum atomic E-state index is 11.2. The van der Waals surface area contributed by atoms with Gasteiger partial charge in [-0.1, -0.05) is 0 Å². The van der Waals surface area contributed by atoms with E-state index in [0.717, 1.165) is 38.9 Å². The normalized spacial score (nSPS) is 24.1. The quantitative estimate of drug-likeness (QED) is 0.662. The summed E-state index contributed by atoms with van der Waals surface area (Å²) in [5, 5.41) is 9.59. The number of nitrogens with zero attached hydrogens (tertiary/aromatic N) is 1. The van der Waals surface area contributed by atoms with Crippen molar-refractivity contribution >= 4 is 10.0 Å². The number of piperidine rings is 1. The lowest BCUT2D eigenvalue weighted by Crippen LogP contribution is -2.40. The van der Waals surface area contributed by atoms with E-state index >= 15 is 0 Å². The number of nitrogens with one attached hydrogen (secondary N) is 1. The second-order valence-electron chi connectivity index (χ2n) is 5.09. The number of rotatable bonds is 7. The first kappa shape index (κ1) is 15.9. The second-order valence-corrected chi connectivity index (χ2v) is 7.19. The van der Waals surface area contributed by atoms with Crippen LogP contribution in [-0.2, 0) is 10.0 Å². The third-order valence-electron chi connectivity index (χ3n) is 3.58. The first-order valence-corrected chi connectivity index (χ1v) is 8.47. The summed E-state index contributed by atoms with van der Waals surface area (Å²) in [6.45, 7) is 6.88. The molecule has 1 heterocycles. The minimum absolute atomic E-state index is 0.140. The Kier molecular flexibility index (Phi) is 6.55. The average Bonchev–Trinajstić information content (AvgIpc) is 2.35. The zero-order chi connectivity index (χ0) is 13.6. The maximum absolute atomic E-state index is 11.2. The van der Waals surface area contributed by atoms with Crippen LogP contribution in [0, 0.1) is 5.92 Å². The molecule has 1 fully saturated rings. The molecule has 0 aliphatic carbocycles. The molecule has 1 rings (SSSR count). The van der Waals surface area contributed by atoms with Gasteiger partial charge in [0.15, 0.2) is 0 Å². The van der Waals surface area contributed by atoms with Gasteiger partial charge in [-0.2, -0.15) is 0 Å².